The summed E-state index contributed by atoms with van der Waals surface area (Å²) in [5.41, 5.74) is 1.78. The van der Waals surface area contributed by atoms with Gasteiger partial charge in [0.25, 0.3) is 5.91 Å². The van der Waals surface area contributed by atoms with Gasteiger partial charge in [-0.25, -0.2) is 18.7 Å². The molecule has 0 aliphatic heterocycles. The van der Waals surface area contributed by atoms with E-state index in [1.54, 1.807) is 0 Å². The van der Waals surface area contributed by atoms with Crippen molar-refractivity contribution in [3.8, 4) is 0 Å². The monoisotopic (exact) mass is 358 g/mol. The second-order valence-corrected chi connectivity index (χ2v) is 6.16. The molecule has 0 fully saturated rings. The van der Waals surface area contributed by atoms with E-state index >= 15 is 0 Å². The zero-order valence-electron chi connectivity index (χ0n) is 14.3. The van der Waals surface area contributed by atoms with Crippen LogP contribution in [0.2, 0.25) is 0 Å². The van der Waals surface area contributed by atoms with Crippen LogP contribution in [0, 0.1) is 11.6 Å². The van der Waals surface area contributed by atoms with Crippen molar-refractivity contribution in [3.05, 3.63) is 59.4 Å². The molecule has 1 amide bonds. The fraction of sp³-hybridized carbons (Fsp3) is 0.316. The maximum absolute atomic E-state index is 13.6. The maximum atomic E-state index is 13.6. The first-order valence-electron chi connectivity index (χ1n) is 8.62. The number of hydrogen-bond acceptors (Lipinski definition) is 4. The van der Waals surface area contributed by atoms with Crippen LogP contribution >= 0.6 is 0 Å². The predicted octanol–water partition coefficient (Wildman–Crippen LogP) is 4.12. The maximum Gasteiger partial charge on any atom is 0.254 e. The molecule has 1 aliphatic rings. The summed E-state index contributed by atoms with van der Waals surface area (Å²) in [6, 6.07) is 3.16. The lowest BCUT2D eigenvalue weighted by Crippen LogP contribution is -2.25. The van der Waals surface area contributed by atoms with E-state index in [-0.39, 0.29) is 17.5 Å². The van der Waals surface area contributed by atoms with Gasteiger partial charge in [0.05, 0.1) is 11.3 Å². The van der Waals surface area contributed by atoms with E-state index in [1.807, 2.05) is 0 Å². The van der Waals surface area contributed by atoms with Gasteiger partial charge in [-0.15, -0.1) is 0 Å². The van der Waals surface area contributed by atoms with E-state index < -0.39 is 11.6 Å². The molecule has 3 rings (SSSR count). The highest BCUT2D eigenvalue weighted by Crippen LogP contribution is 2.20. The number of aromatic nitrogens is 2. The average molecular weight is 358 g/mol. The van der Waals surface area contributed by atoms with Crippen LogP contribution in [0.4, 0.5) is 20.4 Å². The third-order valence-corrected chi connectivity index (χ3v) is 4.21. The molecule has 0 bridgehead atoms. The molecular weight excluding hydrogens is 338 g/mol. The summed E-state index contributed by atoms with van der Waals surface area (Å²) >= 11 is 0. The second kappa shape index (κ2) is 8.51. The summed E-state index contributed by atoms with van der Waals surface area (Å²) in [6.45, 7) is 0.575. The highest BCUT2D eigenvalue weighted by molar-refractivity contribution is 5.93. The van der Waals surface area contributed by atoms with Crippen molar-refractivity contribution < 1.29 is 13.6 Å². The smallest absolute Gasteiger partial charge is 0.254 e. The van der Waals surface area contributed by atoms with Crippen LogP contribution in [0.3, 0.4) is 0 Å². The molecular formula is C19H20F2N4O. The molecule has 7 heteroatoms. The molecule has 0 radical (unpaired) electrons. The fourth-order valence-corrected chi connectivity index (χ4v) is 2.79. The van der Waals surface area contributed by atoms with Crippen molar-refractivity contribution in [1.29, 1.82) is 0 Å². The van der Waals surface area contributed by atoms with Gasteiger partial charge >= 0.3 is 0 Å². The quantitative estimate of drug-likeness (QED) is 0.763. The number of nitrogens with one attached hydrogen (secondary N) is 2. The molecule has 0 unspecified atom stereocenters. The van der Waals surface area contributed by atoms with Crippen molar-refractivity contribution >= 4 is 17.5 Å². The minimum atomic E-state index is -0.743. The number of halogens is 2. The summed E-state index contributed by atoms with van der Waals surface area (Å²) in [4.78, 5) is 20.1. The van der Waals surface area contributed by atoms with Gasteiger partial charge < -0.3 is 10.6 Å². The topological polar surface area (TPSA) is 66.9 Å². The van der Waals surface area contributed by atoms with Crippen molar-refractivity contribution in [1.82, 2.24) is 15.3 Å². The Balaban J connectivity index is 1.53. The van der Waals surface area contributed by atoms with Gasteiger partial charge in [-0.05, 0) is 44.2 Å². The summed E-state index contributed by atoms with van der Waals surface area (Å²) in [5.74, 6) is -1.53. The third kappa shape index (κ3) is 4.84. The molecule has 5 nitrogen and oxygen atoms in total. The zero-order valence-corrected chi connectivity index (χ0v) is 14.3. The Morgan fingerprint density at radius 1 is 1.15 bits per heavy atom. The number of amides is 1. The summed E-state index contributed by atoms with van der Waals surface area (Å²) in [7, 11) is 0. The SMILES string of the molecule is O=C(NCCC1=CCCCC1)c1cnc(Nc2ccc(F)cc2F)nc1. The van der Waals surface area contributed by atoms with Crippen LogP contribution in [0.15, 0.2) is 42.2 Å². The molecule has 26 heavy (non-hydrogen) atoms. The van der Waals surface area contributed by atoms with Crippen molar-refractivity contribution in [3.63, 3.8) is 0 Å². The third-order valence-electron chi connectivity index (χ3n) is 4.21. The number of carbonyl (C=O) groups is 1. The first-order chi connectivity index (χ1) is 12.6. The standard InChI is InChI=1S/C19H20F2N4O/c20-15-6-7-17(16(21)10-15)25-19-23-11-14(12-24-19)18(26)22-9-8-13-4-2-1-3-5-13/h4,6-7,10-12H,1-3,5,8-9H2,(H,22,26)(H,23,24,25). The molecule has 0 atom stereocenters. The van der Waals surface area contributed by atoms with E-state index in [1.165, 1.54) is 36.9 Å². The number of carbonyl (C=O) groups excluding carboxylic acids is 1. The van der Waals surface area contributed by atoms with Crippen LogP contribution in [0.25, 0.3) is 0 Å². The Kier molecular flexibility index (Phi) is 5.88. The van der Waals surface area contributed by atoms with Crippen LogP contribution < -0.4 is 10.6 Å². The molecule has 0 saturated carbocycles. The average Bonchev–Trinajstić information content (AvgIpc) is 2.65. The number of anilines is 2. The lowest BCUT2D eigenvalue weighted by Gasteiger charge is -2.13. The number of hydrogen-bond donors (Lipinski definition) is 2. The van der Waals surface area contributed by atoms with Crippen LogP contribution in [0.5, 0.6) is 0 Å². The molecule has 0 saturated heterocycles. The van der Waals surface area contributed by atoms with Gasteiger partial charge in [0.1, 0.15) is 11.6 Å². The Labute approximate surface area is 150 Å². The Hall–Kier alpha value is -2.83. The molecule has 1 heterocycles. The molecule has 2 N–H and O–H groups in total. The summed E-state index contributed by atoms with van der Waals surface area (Å²) in [5, 5.41) is 5.50. The van der Waals surface area contributed by atoms with Crippen LogP contribution in [0.1, 0.15) is 42.5 Å². The number of allylic oxidation sites excluding steroid dienone is 1. The van der Waals surface area contributed by atoms with E-state index in [0.29, 0.717) is 12.1 Å². The van der Waals surface area contributed by atoms with Crippen molar-refractivity contribution in [2.75, 3.05) is 11.9 Å². The largest absolute Gasteiger partial charge is 0.352 e. The van der Waals surface area contributed by atoms with E-state index in [0.717, 1.165) is 31.4 Å². The van der Waals surface area contributed by atoms with Crippen molar-refractivity contribution in [2.24, 2.45) is 0 Å². The predicted molar refractivity (Wildman–Crippen MR) is 95.2 cm³/mol. The zero-order chi connectivity index (χ0) is 18.4. The van der Waals surface area contributed by atoms with Gasteiger partial charge in [0.15, 0.2) is 0 Å². The molecule has 1 aromatic carbocycles. The molecule has 1 aliphatic carbocycles. The van der Waals surface area contributed by atoms with Crippen LogP contribution in [-0.2, 0) is 0 Å². The van der Waals surface area contributed by atoms with E-state index in [4.69, 9.17) is 0 Å². The number of nitrogens with zero attached hydrogens (tertiary/aromatic N) is 2. The van der Waals surface area contributed by atoms with E-state index in [2.05, 4.69) is 26.7 Å². The van der Waals surface area contributed by atoms with Gasteiger partial charge in [-0.3, -0.25) is 4.79 Å². The Bertz CT molecular complexity index is 806. The van der Waals surface area contributed by atoms with E-state index in [9.17, 15) is 13.6 Å². The first kappa shape index (κ1) is 18.0. The minimum Gasteiger partial charge on any atom is -0.352 e. The molecule has 2 aromatic rings. The molecule has 1 aromatic heterocycles. The number of benzene rings is 1. The molecule has 136 valence electrons. The van der Waals surface area contributed by atoms with Gasteiger partial charge in [0, 0.05) is 25.0 Å². The van der Waals surface area contributed by atoms with Gasteiger partial charge in [0.2, 0.25) is 5.95 Å². The first-order valence-corrected chi connectivity index (χ1v) is 8.62. The number of rotatable bonds is 6. The Morgan fingerprint density at radius 3 is 2.65 bits per heavy atom. The minimum absolute atomic E-state index is 0.0596. The highest BCUT2D eigenvalue weighted by atomic mass is 19.1. The second-order valence-electron chi connectivity index (χ2n) is 6.16. The summed E-state index contributed by atoms with van der Waals surface area (Å²) < 4.78 is 26.5. The van der Waals surface area contributed by atoms with Crippen molar-refractivity contribution in [2.45, 2.75) is 32.1 Å². The highest BCUT2D eigenvalue weighted by Gasteiger charge is 2.10. The molecule has 0 spiro atoms. The lowest BCUT2D eigenvalue weighted by molar-refractivity contribution is 0.0953. The van der Waals surface area contributed by atoms with Crippen LogP contribution in [-0.4, -0.2) is 22.4 Å². The normalized spacial score (nSPS) is 13.8. The fourth-order valence-electron chi connectivity index (χ4n) is 2.79. The van der Waals surface area contributed by atoms with Gasteiger partial charge in [-0.1, -0.05) is 11.6 Å². The lowest BCUT2D eigenvalue weighted by atomic mass is 9.97. The summed E-state index contributed by atoms with van der Waals surface area (Å²) in [6.07, 6.45) is 10.5. The van der Waals surface area contributed by atoms with Gasteiger partial charge in [-0.2, -0.15) is 0 Å². The Morgan fingerprint density at radius 2 is 1.96 bits per heavy atom.